The maximum atomic E-state index is 5.28. The monoisotopic (exact) mass is 466 g/mol. The SMILES string of the molecule is CN=C(NCC(C)N1CCC(C)CC1)NCC1(CCOC)CCC1.I. The molecule has 0 amide bonds. The van der Waals surface area contributed by atoms with E-state index in [2.05, 4.69) is 34.4 Å². The Morgan fingerprint density at radius 2 is 1.96 bits per heavy atom. The van der Waals surface area contributed by atoms with Crippen molar-refractivity contribution in [2.24, 2.45) is 16.3 Å². The van der Waals surface area contributed by atoms with Gasteiger partial charge in [-0.3, -0.25) is 9.89 Å². The summed E-state index contributed by atoms with van der Waals surface area (Å²) < 4.78 is 5.28. The summed E-state index contributed by atoms with van der Waals surface area (Å²) in [6, 6.07) is 0.558. The Labute approximate surface area is 171 Å². The molecule has 2 N–H and O–H groups in total. The van der Waals surface area contributed by atoms with Gasteiger partial charge in [0.15, 0.2) is 5.96 Å². The van der Waals surface area contributed by atoms with Crippen molar-refractivity contribution >= 4 is 29.9 Å². The number of hydrogen-bond acceptors (Lipinski definition) is 3. The molecule has 1 heterocycles. The van der Waals surface area contributed by atoms with Crippen LogP contribution in [-0.4, -0.2) is 63.8 Å². The van der Waals surface area contributed by atoms with Crippen LogP contribution in [0.5, 0.6) is 0 Å². The summed E-state index contributed by atoms with van der Waals surface area (Å²) in [5.74, 6) is 1.83. The molecular weight excluding hydrogens is 427 g/mol. The predicted molar refractivity (Wildman–Crippen MR) is 117 cm³/mol. The third-order valence-electron chi connectivity index (χ3n) is 6.11. The number of aliphatic imine (C=N–C) groups is 1. The fourth-order valence-corrected chi connectivity index (χ4v) is 3.85. The van der Waals surface area contributed by atoms with E-state index in [9.17, 15) is 0 Å². The highest BCUT2D eigenvalue weighted by Crippen LogP contribution is 2.43. The molecule has 1 saturated carbocycles. The first kappa shape index (κ1) is 23.0. The fraction of sp³-hybridized carbons (Fsp3) is 0.947. The van der Waals surface area contributed by atoms with Crippen molar-refractivity contribution in [3.63, 3.8) is 0 Å². The first-order valence-electron chi connectivity index (χ1n) is 9.76. The van der Waals surface area contributed by atoms with Crippen LogP contribution >= 0.6 is 24.0 Å². The lowest BCUT2D eigenvalue weighted by Crippen LogP contribution is -2.50. The van der Waals surface area contributed by atoms with Crippen LogP contribution in [0, 0.1) is 11.3 Å². The van der Waals surface area contributed by atoms with E-state index in [0.29, 0.717) is 11.5 Å². The molecule has 25 heavy (non-hydrogen) atoms. The number of methoxy groups -OCH3 is 1. The first-order valence-corrected chi connectivity index (χ1v) is 9.76. The predicted octanol–water partition coefficient (Wildman–Crippen LogP) is 3.10. The molecule has 148 valence electrons. The Bertz CT molecular complexity index is 393. The second-order valence-electron chi connectivity index (χ2n) is 7.97. The molecule has 2 aliphatic rings. The van der Waals surface area contributed by atoms with E-state index in [-0.39, 0.29) is 24.0 Å². The minimum atomic E-state index is 0. The van der Waals surface area contributed by atoms with Crippen molar-refractivity contribution in [2.75, 3.05) is 46.9 Å². The number of rotatable bonds is 8. The Kier molecular flexibility index (Phi) is 10.6. The van der Waals surface area contributed by atoms with Crippen LogP contribution in [0.4, 0.5) is 0 Å². The average molecular weight is 466 g/mol. The number of nitrogens with one attached hydrogen (secondary N) is 2. The lowest BCUT2D eigenvalue weighted by atomic mass is 9.67. The molecule has 0 aromatic carbocycles. The minimum Gasteiger partial charge on any atom is -0.385 e. The number of halogens is 1. The Hall–Kier alpha value is -0.0800. The number of likely N-dealkylation sites (tertiary alicyclic amines) is 1. The molecule has 0 aromatic rings. The maximum absolute atomic E-state index is 5.28. The average Bonchev–Trinajstić information content (AvgIpc) is 2.56. The second-order valence-corrected chi connectivity index (χ2v) is 7.97. The molecule has 1 saturated heterocycles. The highest BCUT2D eigenvalue weighted by Gasteiger charge is 2.36. The third kappa shape index (κ3) is 7.21. The molecule has 6 heteroatoms. The van der Waals surface area contributed by atoms with Gasteiger partial charge in [0, 0.05) is 39.9 Å². The molecule has 1 aliphatic carbocycles. The zero-order valence-electron chi connectivity index (χ0n) is 16.6. The van der Waals surface area contributed by atoms with Gasteiger partial charge in [-0.05, 0) is 63.5 Å². The largest absolute Gasteiger partial charge is 0.385 e. The van der Waals surface area contributed by atoms with Crippen molar-refractivity contribution in [3.8, 4) is 0 Å². The molecule has 2 rings (SSSR count). The van der Waals surface area contributed by atoms with E-state index >= 15 is 0 Å². The number of guanidine groups is 1. The summed E-state index contributed by atoms with van der Waals surface area (Å²) in [5.41, 5.74) is 0.419. The van der Waals surface area contributed by atoms with E-state index in [0.717, 1.165) is 38.0 Å². The van der Waals surface area contributed by atoms with Crippen molar-refractivity contribution in [3.05, 3.63) is 0 Å². The maximum Gasteiger partial charge on any atom is 0.191 e. The van der Waals surface area contributed by atoms with E-state index in [1.807, 2.05) is 7.05 Å². The summed E-state index contributed by atoms with van der Waals surface area (Å²) in [4.78, 5) is 7.01. The fourth-order valence-electron chi connectivity index (χ4n) is 3.85. The smallest absolute Gasteiger partial charge is 0.191 e. The Morgan fingerprint density at radius 3 is 2.48 bits per heavy atom. The normalized spacial score (nSPS) is 22.6. The number of ether oxygens (including phenoxy) is 1. The van der Waals surface area contributed by atoms with Gasteiger partial charge in [0.2, 0.25) is 0 Å². The van der Waals surface area contributed by atoms with Crippen LogP contribution in [0.1, 0.15) is 52.4 Å². The van der Waals surface area contributed by atoms with Crippen LogP contribution in [-0.2, 0) is 4.74 Å². The van der Waals surface area contributed by atoms with Gasteiger partial charge < -0.3 is 15.4 Å². The van der Waals surface area contributed by atoms with E-state index < -0.39 is 0 Å². The lowest BCUT2D eigenvalue weighted by molar-refractivity contribution is 0.0732. The van der Waals surface area contributed by atoms with Gasteiger partial charge in [-0.15, -0.1) is 24.0 Å². The van der Waals surface area contributed by atoms with Gasteiger partial charge in [-0.2, -0.15) is 0 Å². The summed E-state index contributed by atoms with van der Waals surface area (Å²) in [5, 5.41) is 7.07. The van der Waals surface area contributed by atoms with Gasteiger partial charge in [0.25, 0.3) is 0 Å². The molecular formula is C19H39IN4O. The van der Waals surface area contributed by atoms with Crippen molar-refractivity contribution in [1.82, 2.24) is 15.5 Å². The highest BCUT2D eigenvalue weighted by atomic mass is 127. The summed E-state index contributed by atoms with van der Waals surface area (Å²) >= 11 is 0. The van der Waals surface area contributed by atoms with Crippen LogP contribution < -0.4 is 10.6 Å². The zero-order valence-corrected chi connectivity index (χ0v) is 19.0. The van der Waals surface area contributed by atoms with E-state index in [4.69, 9.17) is 4.74 Å². The standard InChI is InChI=1S/C19H38N4O.HI/c1-16-6-11-23(12-7-16)17(2)14-21-18(20-3)22-15-19(8-5-9-19)10-13-24-4;/h16-17H,5-15H2,1-4H3,(H2,20,21,22);1H. The molecule has 1 aliphatic heterocycles. The Balaban J connectivity index is 0.00000312. The van der Waals surface area contributed by atoms with Crippen LogP contribution in [0.15, 0.2) is 4.99 Å². The van der Waals surface area contributed by atoms with Crippen LogP contribution in [0.2, 0.25) is 0 Å². The molecule has 2 fully saturated rings. The van der Waals surface area contributed by atoms with Gasteiger partial charge >= 0.3 is 0 Å². The lowest BCUT2D eigenvalue weighted by Gasteiger charge is -2.42. The molecule has 0 spiro atoms. The van der Waals surface area contributed by atoms with Crippen LogP contribution in [0.3, 0.4) is 0 Å². The zero-order chi connectivity index (χ0) is 17.4. The van der Waals surface area contributed by atoms with Crippen LogP contribution in [0.25, 0.3) is 0 Å². The highest BCUT2D eigenvalue weighted by molar-refractivity contribution is 14.0. The van der Waals surface area contributed by atoms with Crippen molar-refractivity contribution in [1.29, 1.82) is 0 Å². The molecule has 0 bridgehead atoms. The van der Waals surface area contributed by atoms with E-state index in [1.54, 1.807) is 7.11 Å². The molecule has 0 radical (unpaired) electrons. The Morgan fingerprint density at radius 1 is 1.28 bits per heavy atom. The van der Waals surface area contributed by atoms with Crippen molar-refractivity contribution in [2.45, 2.75) is 58.4 Å². The van der Waals surface area contributed by atoms with Gasteiger partial charge in [-0.25, -0.2) is 0 Å². The van der Waals surface area contributed by atoms with Crippen molar-refractivity contribution < 1.29 is 4.74 Å². The summed E-state index contributed by atoms with van der Waals surface area (Å²) in [6.07, 6.45) is 7.78. The van der Waals surface area contributed by atoms with Gasteiger partial charge in [0.1, 0.15) is 0 Å². The minimum absolute atomic E-state index is 0. The second kappa shape index (κ2) is 11.6. The van der Waals surface area contributed by atoms with E-state index in [1.165, 1.54) is 45.2 Å². The quantitative estimate of drug-likeness (QED) is 0.328. The third-order valence-corrected chi connectivity index (χ3v) is 6.11. The summed E-state index contributed by atoms with van der Waals surface area (Å²) in [6.45, 7) is 9.98. The first-order chi connectivity index (χ1) is 11.6. The van der Waals surface area contributed by atoms with Gasteiger partial charge in [0.05, 0.1) is 0 Å². The topological polar surface area (TPSA) is 48.9 Å². The molecule has 1 unspecified atom stereocenters. The number of nitrogens with zero attached hydrogens (tertiary/aromatic N) is 2. The van der Waals surface area contributed by atoms with Gasteiger partial charge in [-0.1, -0.05) is 13.3 Å². The molecule has 0 aromatic heterocycles. The number of piperidine rings is 1. The molecule has 5 nitrogen and oxygen atoms in total. The number of hydrogen-bond donors (Lipinski definition) is 2. The molecule has 1 atom stereocenters. The summed E-state index contributed by atoms with van der Waals surface area (Å²) in [7, 11) is 3.66.